The maximum atomic E-state index is 5.99. The van der Waals surface area contributed by atoms with Crippen molar-refractivity contribution in [1.29, 1.82) is 0 Å². The second-order valence-corrected chi connectivity index (χ2v) is 4.22. The zero-order valence-electron chi connectivity index (χ0n) is 8.42. The first-order valence-electron chi connectivity index (χ1n) is 5.04. The quantitative estimate of drug-likeness (QED) is 0.698. The molecule has 1 aliphatic rings. The van der Waals surface area contributed by atoms with E-state index >= 15 is 0 Å². The monoisotopic (exact) mass is 210 g/mol. The molecule has 0 spiro atoms. The van der Waals surface area contributed by atoms with Gasteiger partial charge in [0.15, 0.2) is 0 Å². The van der Waals surface area contributed by atoms with Crippen LogP contribution in [0.5, 0.6) is 0 Å². The zero-order valence-corrected chi connectivity index (χ0v) is 9.18. The fraction of sp³-hybridized carbons (Fsp3) is 0.500. The van der Waals surface area contributed by atoms with Crippen LogP contribution in [0, 0.1) is 0 Å². The first-order chi connectivity index (χ1) is 6.80. The highest BCUT2D eigenvalue weighted by Gasteiger charge is 2.39. The largest absolute Gasteiger partial charge is 0.379 e. The molecule has 0 bridgehead atoms. The van der Waals surface area contributed by atoms with Crippen LogP contribution < -0.4 is 0 Å². The second kappa shape index (κ2) is 3.92. The van der Waals surface area contributed by atoms with Crippen LogP contribution in [-0.2, 0) is 16.6 Å². The Morgan fingerprint density at radius 2 is 1.93 bits per heavy atom. The Hall–Kier alpha value is -0.530. The Morgan fingerprint density at radius 1 is 1.29 bits per heavy atom. The normalized spacial score (nSPS) is 19.0. The van der Waals surface area contributed by atoms with Crippen molar-refractivity contribution in [1.82, 2.24) is 0 Å². The van der Waals surface area contributed by atoms with Gasteiger partial charge in [-0.25, -0.2) is 0 Å². The van der Waals surface area contributed by atoms with Crippen molar-refractivity contribution in [2.45, 2.75) is 18.8 Å². The molecule has 0 atom stereocenters. The van der Waals surface area contributed by atoms with E-state index in [9.17, 15) is 0 Å². The third kappa shape index (κ3) is 1.55. The highest BCUT2D eigenvalue weighted by atomic mass is 35.5. The molecule has 0 N–H and O–H groups in total. The van der Waals surface area contributed by atoms with Gasteiger partial charge in [0.2, 0.25) is 0 Å². The summed E-state index contributed by atoms with van der Waals surface area (Å²) in [5.74, 6) is 0.651. The SMILES string of the molecule is CCc1ccc(C2(CCl)COC2)cc1. The fourth-order valence-electron chi connectivity index (χ4n) is 1.76. The molecule has 0 saturated carbocycles. The lowest BCUT2D eigenvalue weighted by atomic mass is 9.80. The van der Waals surface area contributed by atoms with Gasteiger partial charge in [0.25, 0.3) is 0 Å². The van der Waals surface area contributed by atoms with E-state index in [1.54, 1.807) is 0 Å². The summed E-state index contributed by atoms with van der Waals surface area (Å²) in [5.41, 5.74) is 2.78. The van der Waals surface area contributed by atoms with Crippen molar-refractivity contribution in [3.8, 4) is 0 Å². The fourth-order valence-corrected chi connectivity index (χ4v) is 2.07. The van der Waals surface area contributed by atoms with Crippen molar-refractivity contribution < 1.29 is 4.74 Å². The van der Waals surface area contributed by atoms with Gasteiger partial charge < -0.3 is 4.74 Å². The number of aryl methyl sites for hydroxylation is 1. The highest BCUT2D eigenvalue weighted by Crippen LogP contribution is 2.33. The molecule has 0 amide bonds. The molecule has 1 fully saturated rings. The lowest BCUT2D eigenvalue weighted by molar-refractivity contribution is -0.0479. The van der Waals surface area contributed by atoms with Gasteiger partial charge in [-0.1, -0.05) is 31.2 Å². The average molecular weight is 211 g/mol. The number of halogens is 1. The molecule has 2 rings (SSSR count). The van der Waals surface area contributed by atoms with E-state index < -0.39 is 0 Å². The minimum atomic E-state index is 0.0911. The van der Waals surface area contributed by atoms with Gasteiger partial charge in [0.1, 0.15) is 0 Å². The Kier molecular flexibility index (Phi) is 2.80. The summed E-state index contributed by atoms with van der Waals surface area (Å²) in [6.45, 7) is 3.70. The van der Waals surface area contributed by atoms with Crippen LogP contribution >= 0.6 is 11.6 Å². The van der Waals surface area contributed by atoms with Gasteiger partial charge in [-0.2, -0.15) is 0 Å². The van der Waals surface area contributed by atoms with Crippen LogP contribution in [0.3, 0.4) is 0 Å². The molecule has 0 aromatic heterocycles. The molecule has 1 aliphatic heterocycles. The molecule has 76 valence electrons. The summed E-state index contributed by atoms with van der Waals surface area (Å²) < 4.78 is 5.26. The van der Waals surface area contributed by atoms with E-state index in [1.807, 2.05) is 0 Å². The Labute approximate surface area is 90.0 Å². The van der Waals surface area contributed by atoms with Crippen LogP contribution in [0.15, 0.2) is 24.3 Å². The zero-order chi connectivity index (χ0) is 10.0. The predicted molar refractivity (Wildman–Crippen MR) is 59.0 cm³/mol. The molecule has 1 heterocycles. The van der Waals surface area contributed by atoms with E-state index in [2.05, 4.69) is 31.2 Å². The lowest BCUT2D eigenvalue weighted by Gasteiger charge is -2.40. The Balaban J connectivity index is 2.23. The van der Waals surface area contributed by atoms with Crippen LogP contribution in [-0.4, -0.2) is 19.1 Å². The number of hydrogen-bond donors (Lipinski definition) is 0. The summed E-state index contributed by atoms with van der Waals surface area (Å²) in [7, 11) is 0. The lowest BCUT2D eigenvalue weighted by Crippen LogP contribution is -2.48. The highest BCUT2D eigenvalue weighted by molar-refractivity contribution is 6.18. The van der Waals surface area contributed by atoms with Gasteiger partial charge in [-0.05, 0) is 17.5 Å². The van der Waals surface area contributed by atoms with Crippen LogP contribution in [0.25, 0.3) is 0 Å². The summed E-state index contributed by atoms with van der Waals surface area (Å²) in [4.78, 5) is 0. The van der Waals surface area contributed by atoms with Crippen LogP contribution in [0.4, 0.5) is 0 Å². The van der Waals surface area contributed by atoms with Crippen molar-refractivity contribution in [3.05, 3.63) is 35.4 Å². The first kappa shape index (κ1) is 10.0. The molecule has 0 aliphatic carbocycles. The van der Waals surface area contributed by atoms with E-state index in [1.165, 1.54) is 11.1 Å². The minimum Gasteiger partial charge on any atom is -0.379 e. The molecule has 2 heteroatoms. The number of rotatable bonds is 3. The van der Waals surface area contributed by atoms with Crippen molar-refractivity contribution in [3.63, 3.8) is 0 Å². The summed E-state index contributed by atoms with van der Waals surface area (Å²) in [5, 5.41) is 0. The van der Waals surface area contributed by atoms with Crippen molar-refractivity contribution in [2.24, 2.45) is 0 Å². The van der Waals surface area contributed by atoms with Crippen molar-refractivity contribution >= 4 is 11.6 Å². The van der Waals surface area contributed by atoms with Crippen LogP contribution in [0.2, 0.25) is 0 Å². The minimum absolute atomic E-state index is 0.0911. The molecule has 0 radical (unpaired) electrons. The molecular weight excluding hydrogens is 196 g/mol. The van der Waals surface area contributed by atoms with Gasteiger partial charge >= 0.3 is 0 Å². The summed E-state index contributed by atoms with van der Waals surface area (Å²) in [6.07, 6.45) is 1.09. The first-order valence-corrected chi connectivity index (χ1v) is 5.57. The molecule has 1 nitrogen and oxygen atoms in total. The van der Waals surface area contributed by atoms with E-state index in [0.717, 1.165) is 19.6 Å². The third-order valence-corrected chi connectivity index (χ3v) is 3.50. The maximum Gasteiger partial charge on any atom is 0.0597 e. The average Bonchev–Trinajstić information content (AvgIpc) is 2.18. The van der Waals surface area contributed by atoms with E-state index in [0.29, 0.717) is 5.88 Å². The van der Waals surface area contributed by atoms with E-state index in [-0.39, 0.29) is 5.41 Å². The van der Waals surface area contributed by atoms with E-state index in [4.69, 9.17) is 16.3 Å². The van der Waals surface area contributed by atoms with Gasteiger partial charge in [-0.15, -0.1) is 11.6 Å². The van der Waals surface area contributed by atoms with Gasteiger partial charge in [0.05, 0.1) is 18.6 Å². The molecule has 1 aromatic carbocycles. The molecule has 1 saturated heterocycles. The molecule has 14 heavy (non-hydrogen) atoms. The predicted octanol–water partition coefficient (Wildman–Crippen LogP) is 2.76. The standard InChI is InChI=1S/C12H15ClO/c1-2-10-3-5-11(6-4-10)12(7-13)8-14-9-12/h3-6H,2,7-9H2,1H3. The van der Waals surface area contributed by atoms with Crippen LogP contribution in [0.1, 0.15) is 18.1 Å². The topological polar surface area (TPSA) is 9.23 Å². The Bertz CT molecular complexity index is 295. The van der Waals surface area contributed by atoms with Gasteiger partial charge in [-0.3, -0.25) is 0 Å². The summed E-state index contributed by atoms with van der Waals surface area (Å²) in [6, 6.07) is 8.73. The Morgan fingerprint density at radius 3 is 2.29 bits per heavy atom. The number of ether oxygens (including phenoxy) is 1. The molecule has 1 aromatic rings. The second-order valence-electron chi connectivity index (χ2n) is 3.96. The van der Waals surface area contributed by atoms with Crippen molar-refractivity contribution in [2.75, 3.05) is 19.1 Å². The number of hydrogen-bond acceptors (Lipinski definition) is 1. The molecular formula is C12H15ClO. The smallest absolute Gasteiger partial charge is 0.0597 e. The third-order valence-electron chi connectivity index (χ3n) is 2.99. The molecule has 0 unspecified atom stereocenters. The maximum absolute atomic E-state index is 5.99. The number of benzene rings is 1. The van der Waals surface area contributed by atoms with Gasteiger partial charge in [0, 0.05) is 5.88 Å². The summed E-state index contributed by atoms with van der Waals surface area (Å²) >= 11 is 5.99. The number of alkyl halides is 1.